The SMILES string of the molecule is Cc1ccc(F)c(C(NC(=O)C2CCCC2)C2(C)CCCC2)c1Cl. The van der Waals surface area contributed by atoms with Gasteiger partial charge < -0.3 is 5.32 Å². The summed E-state index contributed by atoms with van der Waals surface area (Å²) in [5.74, 6) is -0.165. The predicted molar refractivity (Wildman–Crippen MR) is 95.6 cm³/mol. The zero-order valence-electron chi connectivity index (χ0n) is 14.6. The lowest BCUT2D eigenvalue weighted by Crippen LogP contribution is -2.41. The second-order valence-electron chi connectivity index (χ2n) is 7.88. The van der Waals surface area contributed by atoms with Gasteiger partial charge in [-0.2, -0.15) is 0 Å². The van der Waals surface area contributed by atoms with E-state index in [0.717, 1.165) is 56.9 Å². The van der Waals surface area contributed by atoms with Crippen LogP contribution in [-0.4, -0.2) is 5.91 Å². The van der Waals surface area contributed by atoms with Crippen molar-refractivity contribution in [1.29, 1.82) is 0 Å². The normalized spacial score (nSPS) is 21.8. The van der Waals surface area contributed by atoms with E-state index in [1.807, 2.05) is 6.92 Å². The Morgan fingerprint density at radius 1 is 1.25 bits per heavy atom. The Morgan fingerprint density at radius 3 is 2.50 bits per heavy atom. The molecule has 0 saturated heterocycles. The monoisotopic (exact) mass is 351 g/mol. The fourth-order valence-corrected chi connectivity index (χ4v) is 4.72. The molecule has 0 bridgehead atoms. The number of rotatable bonds is 4. The maximum Gasteiger partial charge on any atom is 0.223 e. The second kappa shape index (κ2) is 7.03. The molecule has 132 valence electrons. The number of hydrogen-bond donors (Lipinski definition) is 1. The van der Waals surface area contributed by atoms with E-state index in [1.54, 1.807) is 6.07 Å². The third-order valence-corrected chi connectivity index (χ3v) is 6.57. The van der Waals surface area contributed by atoms with Gasteiger partial charge in [0.2, 0.25) is 5.91 Å². The molecular formula is C20H27ClFNO. The first-order valence-electron chi connectivity index (χ1n) is 9.17. The smallest absolute Gasteiger partial charge is 0.223 e. The van der Waals surface area contributed by atoms with Gasteiger partial charge in [0.15, 0.2) is 0 Å². The number of nitrogens with one attached hydrogen (secondary N) is 1. The first-order chi connectivity index (χ1) is 11.4. The lowest BCUT2D eigenvalue weighted by atomic mass is 9.76. The van der Waals surface area contributed by atoms with Gasteiger partial charge in [0, 0.05) is 11.5 Å². The van der Waals surface area contributed by atoms with E-state index >= 15 is 0 Å². The van der Waals surface area contributed by atoms with Crippen LogP contribution in [0.15, 0.2) is 12.1 Å². The largest absolute Gasteiger partial charge is 0.348 e. The molecule has 1 aromatic carbocycles. The van der Waals surface area contributed by atoms with Crippen LogP contribution in [0, 0.1) is 24.1 Å². The molecule has 2 fully saturated rings. The zero-order chi connectivity index (χ0) is 17.3. The maximum absolute atomic E-state index is 14.7. The highest BCUT2D eigenvalue weighted by Gasteiger charge is 2.42. The average molecular weight is 352 g/mol. The molecule has 2 saturated carbocycles. The van der Waals surface area contributed by atoms with E-state index in [1.165, 1.54) is 6.07 Å². The number of carbonyl (C=O) groups excluding carboxylic acids is 1. The fraction of sp³-hybridized carbons (Fsp3) is 0.650. The standard InChI is InChI=1S/C20H27ClFNO/c1-13-9-10-15(22)16(17(13)21)18(20(2)11-5-6-12-20)23-19(24)14-7-3-4-8-14/h9-10,14,18H,3-8,11-12H2,1-2H3,(H,23,24). The van der Waals surface area contributed by atoms with Crippen LogP contribution in [-0.2, 0) is 4.79 Å². The summed E-state index contributed by atoms with van der Waals surface area (Å²) in [4.78, 5) is 12.8. The highest BCUT2D eigenvalue weighted by molar-refractivity contribution is 6.32. The Kier molecular flexibility index (Phi) is 5.19. The lowest BCUT2D eigenvalue weighted by molar-refractivity contribution is -0.126. The Bertz CT molecular complexity index is 618. The molecule has 2 aliphatic carbocycles. The van der Waals surface area contributed by atoms with Crippen LogP contribution >= 0.6 is 11.6 Å². The Balaban J connectivity index is 1.96. The molecule has 0 heterocycles. The first-order valence-corrected chi connectivity index (χ1v) is 9.55. The van der Waals surface area contributed by atoms with Gasteiger partial charge in [-0.25, -0.2) is 4.39 Å². The average Bonchev–Trinajstić information content (AvgIpc) is 3.22. The molecule has 0 spiro atoms. The van der Waals surface area contributed by atoms with Crippen molar-refractivity contribution in [1.82, 2.24) is 5.32 Å². The van der Waals surface area contributed by atoms with Gasteiger partial charge in [0.1, 0.15) is 5.82 Å². The van der Waals surface area contributed by atoms with Crippen LogP contribution < -0.4 is 5.32 Å². The van der Waals surface area contributed by atoms with E-state index in [4.69, 9.17) is 11.6 Å². The van der Waals surface area contributed by atoms with Crippen molar-refractivity contribution >= 4 is 17.5 Å². The second-order valence-corrected chi connectivity index (χ2v) is 8.25. The number of amides is 1. The number of benzene rings is 1. The minimum absolute atomic E-state index is 0.0718. The van der Waals surface area contributed by atoms with E-state index in [0.29, 0.717) is 10.6 Å². The minimum atomic E-state index is -0.347. The molecular weight excluding hydrogens is 325 g/mol. The molecule has 1 aromatic rings. The maximum atomic E-state index is 14.7. The number of carbonyl (C=O) groups is 1. The number of aryl methyl sites for hydroxylation is 1. The van der Waals surface area contributed by atoms with Crippen molar-refractivity contribution < 1.29 is 9.18 Å². The summed E-state index contributed by atoms with van der Waals surface area (Å²) in [5.41, 5.74) is 1.20. The van der Waals surface area contributed by atoms with Crippen molar-refractivity contribution in [3.63, 3.8) is 0 Å². The molecule has 2 aliphatic rings. The fourth-order valence-electron chi connectivity index (χ4n) is 4.46. The molecule has 4 heteroatoms. The van der Waals surface area contributed by atoms with Gasteiger partial charge in [-0.3, -0.25) is 4.79 Å². The summed E-state index contributed by atoms with van der Waals surface area (Å²) < 4.78 is 14.7. The van der Waals surface area contributed by atoms with Gasteiger partial charge >= 0.3 is 0 Å². The van der Waals surface area contributed by atoms with Crippen molar-refractivity contribution in [2.45, 2.75) is 71.3 Å². The van der Waals surface area contributed by atoms with E-state index in [2.05, 4.69) is 12.2 Å². The summed E-state index contributed by atoms with van der Waals surface area (Å²) in [5, 5.41) is 3.66. The summed E-state index contributed by atoms with van der Waals surface area (Å²) >= 11 is 6.49. The lowest BCUT2D eigenvalue weighted by Gasteiger charge is -2.36. The van der Waals surface area contributed by atoms with Crippen molar-refractivity contribution in [2.75, 3.05) is 0 Å². The van der Waals surface area contributed by atoms with Gasteiger partial charge in [-0.1, -0.05) is 50.3 Å². The van der Waals surface area contributed by atoms with Crippen LogP contribution in [0.3, 0.4) is 0 Å². The van der Waals surface area contributed by atoms with Gasteiger partial charge in [-0.05, 0) is 49.7 Å². The molecule has 24 heavy (non-hydrogen) atoms. The summed E-state index contributed by atoms with van der Waals surface area (Å²) in [7, 11) is 0. The Hall–Kier alpha value is -1.09. The highest BCUT2D eigenvalue weighted by Crippen LogP contribution is 2.49. The third kappa shape index (κ3) is 3.33. The van der Waals surface area contributed by atoms with E-state index in [9.17, 15) is 9.18 Å². The molecule has 0 radical (unpaired) electrons. The quantitative estimate of drug-likeness (QED) is 0.739. The molecule has 1 amide bonds. The molecule has 2 nitrogen and oxygen atoms in total. The van der Waals surface area contributed by atoms with Crippen LogP contribution in [0.1, 0.15) is 75.5 Å². The molecule has 0 aliphatic heterocycles. The molecule has 1 atom stereocenters. The number of hydrogen-bond acceptors (Lipinski definition) is 1. The number of halogens is 2. The molecule has 1 N–H and O–H groups in total. The van der Waals surface area contributed by atoms with Crippen LogP contribution in [0.25, 0.3) is 0 Å². The minimum Gasteiger partial charge on any atom is -0.348 e. The van der Waals surface area contributed by atoms with E-state index < -0.39 is 0 Å². The van der Waals surface area contributed by atoms with Crippen LogP contribution in [0.2, 0.25) is 5.02 Å². The van der Waals surface area contributed by atoms with Crippen molar-refractivity contribution in [2.24, 2.45) is 11.3 Å². The van der Waals surface area contributed by atoms with Crippen molar-refractivity contribution in [3.8, 4) is 0 Å². The third-order valence-electron chi connectivity index (χ3n) is 6.06. The van der Waals surface area contributed by atoms with Gasteiger partial charge in [-0.15, -0.1) is 0 Å². The molecule has 0 aromatic heterocycles. The molecule has 1 unspecified atom stereocenters. The summed E-state index contributed by atoms with van der Waals surface area (Å²) in [6, 6.07) is 2.83. The Labute approximate surface area is 149 Å². The summed E-state index contributed by atoms with van der Waals surface area (Å²) in [6.45, 7) is 4.05. The van der Waals surface area contributed by atoms with Gasteiger partial charge in [0.25, 0.3) is 0 Å². The highest BCUT2D eigenvalue weighted by atomic mass is 35.5. The first kappa shape index (κ1) is 17.7. The van der Waals surface area contributed by atoms with Crippen LogP contribution in [0.4, 0.5) is 4.39 Å². The van der Waals surface area contributed by atoms with Crippen LogP contribution in [0.5, 0.6) is 0 Å². The zero-order valence-corrected chi connectivity index (χ0v) is 15.4. The van der Waals surface area contributed by atoms with Crippen molar-refractivity contribution in [3.05, 3.63) is 34.1 Å². The molecule has 3 rings (SSSR count). The summed E-state index contributed by atoms with van der Waals surface area (Å²) in [6.07, 6.45) is 8.34. The van der Waals surface area contributed by atoms with E-state index in [-0.39, 0.29) is 29.1 Å². The Morgan fingerprint density at radius 2 is 1.88 bits per heavy atom. The topological polar surface area (TPSA) is 29.1 Å². The predicted octanol–water partition coefficient (Wildman–Crippen LogP) is 5.72. The van der Waals surface area contributed by atoms with Gasteiger partial charge in [0.05, 0.1) is 11.1 Å².